The predicted molar refractivity (Wildman–Crippen MR) is 165 cm³/mol. The van der Waals surface area contributed by atoms with Gasteiger partial charge in [0.15, 0.2) is 0 Å². The third kappa shape index (κ3) is 5.25. The molecule has 2 atom stereocenters. The van der Waals surface area contributed by atoms with Crippen LogP contribution in [0.15, 0.2) is 54.6 Å². The van der Waals surface area contributed by atoms with Gasteiger partial charge in [0.25, 0.3) is 11.8 Å². The first-order chi connectivity index (χ1) is 20.4. The Morgan fingerprint density at radius 2 is 1.67 bits per heavy atom. The molecule has 2 fully saturated rings. The molecule has 0 aliphatic carbocycles. The molecule has 0 aromatic heterocycles. The number of ether oxygens (including phenoxy) is 2. The third-order valence-electron chi connectivity index (χ3n) is 9.24. The molecule has 0 bridgehead atoms. The van der Waals surface area contributed by atoms with E-state index >= 15 is 0 Å². The number of benzene rings is 3. The van der Waals surface area contributed by atoms with E-state index in [4.69, 9.17) is 21.1 Å². The monoisotopic (exact) mass is 587 g/mol. The standard InChI is InChI=1S/C34H38ClN3O4/c1-22-23(2)31(42-19-7-16-38-33(39)27-9-4-5-10-28(27)34(38)40)15-13-26(22)30-11-6-8-25-21-36(17-18-37(25)30)24-12-14-29(35)32(20-24)41-3/h4-5,9-10,12-15,20,25,30H,6-8,11,16-19,21H2,1-3H3/t25-,30?/m0/s1. The molecule has 0 N–H and O–H groups in total. The summed E-state index contributed by atoms with van der Waals surface area (Å²) in [5, 5.41) is 0.638. The first kappa shape index (κ1) is 28.6. The van der Waals surface area contributed by atoms with E-state index in [-0.39, 0.29) is 11.8 Å². The van der Waals surface area contributed by atoms with Gasteiger partial charge in [0.05, 0.1) is 29.9 Å². The van der Waals surface area contributed by atoms with Gasteiger partial charge >= 0.3 is 0 Å². The number of rotatable bonds is 8. The molecule has 1 unspecified atom stereocenters. The predicted octanol–water partition coefficient (Wildman–Crippen LogP) is 6.45. The molecular weight excluding hydrogens is 550 g/mol. The fourth-order valence-electron chi connectivity index (χ4n) is 6.84. The summed E-state index contributed by atoms with van der Waals surface area (Å²) < 4.78 is 11.6. The molecule has 2 saturated heterocycles. The van der Waals surface area contributed by atoms with Crippen molar-refractivity contribution >= 4 is 29.1 Å². The van der Waals surface area contributed by atoms with Gasteiger partial charge in [-0.2, -0.15) is 0 Å². The first-order valence-electron chi connectivity index (χ1n) is 14.9. The van der Waals surface area contributed by atoms with Crippen molar-refractivity contribution in [1.29, 1.82) is 0 Å². The van der Waals surface area contributed by atoms with E-state index < -0.39 is 0 Å². The van der Waals surface area contributed by atoms with Crippen molar-refractivity contribution in [2.45, 2.75) is 51.6 Å². The van der Waals surface area contributed by atoms with Crippen molar-refractivity contribution in [3.8, 4) is 11.5 Å². The molecule has 7 nitrogen and oxygen atoms in total. The highest BCUT2D eigenvalue weighted by Crippen LogP contribution is 2.40. The average molecular weight is 588 g/mol. The van der Waals surface area contributed by atoms with Crippen LogP contribution in [0.3, 0.4) is 0 Å². The van der Waals surface area contributed by atoms with Crippen LogP contribution in [0.1, 0.15) is 69.1 Å². The minimum atomic E-state index is -0.216. The largest absolute Gasteiger partial charge is 0.495 e. The van der Waals surface area contributed by atoms with E-state index in [9.17, 15) is 9.59 Å². The van der Waals surface area contributed by atoms with E-state index in [1.807, 2.05) is 12.1 Å². The van der Waals surface area contributed by atoms with E-state index in [2.05, 4.69) is 41.8 Å². The van der Waals surface area contributed by atoms with Crippen molar-refractivity contribution in [3.05, 3.63) is 87.4 Å². The summed E-state index contributed by atoms with van der Waals surface area (Å²) in [7, 11) is 1.66. The van der Waals surface area contributed by atoms with Crippen molar-refractivity contribution in [2.24, 2.45) is 0 Å². The van der Waals surface area contributed by atoms with Gasteiger partial charge in [-0.05, 0) is 86.6 Å². The zero-order valence-corrected chi connectivity index (χ0v) is 25.3. The van der Waals surface area contributed by atoms with Gasteiger partial charge in [-0.1, -0.05) is 29.8 Å². The maximum atomic E-state index is 12.6. The Labute approximate surface area is 253 Å². The number of fused-ring (bicyclic) bond motifs is 2. The highest BCUT2D eigenvalue weighted by molar-refractivity contribution is 6.32. The average Bonchev–Trinajstić information content (AvgIpc) is 3.26. The van der Waals surface area contributed by atoms with E-state index in [1.54, 1.807) is 31.4 Å². The Morgan fingerprint density at radius 3 is 2.40 bits per heavy atom. The van der Waals surface area contributed by atoms with Gasteiger partial charge in [0, 0.05) is 50.0 Å². The third-order valence-corrected chi connectivity index (χ3v) is 9.56. The first-order valence-corrected chi connectivity index (χ1v) is 15.3. The van der Waals surface area contributed by atoms with Gasteiger partial charge in [0.2, 0.25) is 0 Å². The number of piperidine rings is 1. The Bertz CT molecular complexity index is 1470. The molecule has 8 heteroatoms. The highest BCUT2D eigenvalue weighted by Gasteiger charge is 2.37. The summed E-state index contributed by atoms with van der Waals surface area (Å²) in [6.45, 7) is 8.09. The summed E-state index contributed by atoms with van der Waals surface area (Å²) in [4.78, 5) is 31.8. The van der Waals surface area contributed by atoms with Crippen molar-refractivity contribution in [2.75, 3.05) is 44.8 Å². The summed E-state index contributed by atoms with van der Waals surface area (Å²) in [5.41, 5.74) is 5.96. The molecule has 3 aromatic rings. The van der Waals surface area contributed by atoms with Crippen molar-refractivity contribution in [3.63, 3.8) is 0 Å². The Kier molecular flexibility index (Phi) is 8.15. The van der Waals surface area contributed by atoms with Crippen LogP contribution in [-0.2, 0) is 0 Å². The number of nitrogens with zero attached hydrogens (tertiary/aromatic N) is 3. The molecule has 42 heavy (non-hydrogen) atoms. The molecule has 6 rings (SSSR count). The number of imide groups is 1. The molecule has 0 spiro atoms. The topological polar surface area (TPSA) is 62.3 Å². The van der Waals surface area contributed by atoms with Crippen LogP contribution < -0.4 is 14.4 Å². The zero-order valence-electron chi connectivity index (χ0n) is 24.6. The van der Waals surface area contributed by atoms with Crippen LogP contribution in [-0.4, -0.2) is 67.6 Å². The van der Waals surface area contributed by atoms with Gasteiger partial charge in [-0.25, -0.2) is 0 Å². The number of piperazine rings is 1. The van der Waals surface area contributed by atoms with Gasteiger partial charge in [-0.3, -0.25) is 19.4 Å². The number of halogens is 1. The number of carbonyl (C=O) groups is 2. The number of carbonyl (C=O) groups excluding carboxylic acids is 2. The highest BCUT2D eigenvalue weighted by atomic mass is 35.5. The van der Waals surface area contributed by atoms with Crippen LogP contribution in [0.2, 0.25) is 5.02 Å². The molecule has 3 aliphatic heterocycles. The van der Waals surface area contributed by atoms with Crippen LogP contribution in [0, 0.1) is 13.8 Å². The maximum absolute atomic E-state index is 12.6. The van der Waals surface area contributed by atoms with Gasteiger partial charge in [-0.15, -0.1) is 0 Å². The summed E-state index contributed by atoms with van der Waals surface area (Å²) in [6.07, 6.45) is 4.15. The summed E-state index contributed by atoms with van der Waals surface area (Å²) >= 11 is 6.27. The molecule has 3 aromatic carbocycles. The quantitative estimate of drug-likeness (QED) is 0.223. The number of anilines is 1. The maximum Gasteiger partial charge on any atom is 0.261 e. The molecule has 220 valence electrons. The molecule has 3 aliphatic rings. The lowest BCUT2D eigenvalue weighted by atomic mass is 9.86. The van der Waals surface area contributed by atoms with Gasteiger partial charge in [0.1, 0.15) is 11.5 Å². The van der Waals surface area contributed by atoms with Crippen LogP contribution >= 0.6 is 11.6 Å². The molecular formula is C34H38ClN3O4. The van der Waals surface area contributed by atoms with Crippen molar-refractivity contribution < 1.29 is 19.1 Å². The smallest absolute Gasteiger partial charge is 0.261 e. The van der Waals surface area contributed by atoms with Crippen LogP contribution in [0.5, 0.6) is 11.5 Å². The second kappa shape index (κ2) is 12.0. The lowest BCUT2D eigenvalue weighted by Crippen LogP contribution is -2.56. The SMILES string of the molecule is COc1cc(N2CCN3C(c4ccc(OCCCN5C(=O)c6ccccc6C5=O)c(C)c4C)CCC[C@H]3C2)ccc1Cl. The molecule has 0 saturated carbocycles. The number of hydrogen-bond acceptors (Lipinski definition) is 6. The van der Waals surface area contributed by atoms with Crippen LogP contribution in [0.4, 0.5) is 5.69 Å². The number of amides is 2. The van der Waals surface area contributed by atoms with E-state index in [0.29, 0.717) is 47.8 Å². The van der Waals surface area contributed by atoms with Crippen LogP contribution in [0.25, 0.3) is 0 Å². The molecule has 0 radical (unpaired) electrons. The number of hydrogen-bond donors (Lipinski definition) is 0. The number of methoxy groups -OCH3 is 1. The minimum Gasteiger partial charge on any atom is -0.495 e. The fourth-order valence-corrected chi connectivity index (χ4v) is 7.04. The van der Waals surface area contributed by atoms with Gasteiger partial charge < -0.3 is 14.4 Å². The second-order valence-corrected chi connectivity index (χ2v) is 11.9. The lowest BCUT2D eigenvalue weighted by molar-refractivity contribution is 0.0646. The summed E-state index contributed by atoms with van der Waals surface area (Å²) in [5.74, 6) is 1.15. The summed E-state index contributed by atoms with van der Waals surface area (Å²) in [6, 6.07) is 18.3. The zero-order chi connectivity index (χ0) is 29.4. The Morgan fingerprint density at radius 1 is 0.905 bits per heavy atom. The van der Waals surface area contributed by atoms with E-state index in [0.717, 1.165) is 48.8 Å². The molecule has 2 amide bonds. The van der Waals surface area contributed by atoms with E-state index in [1.165, 1.54) is 28.9 Å². The minimum absolute atomic E-state index is 0.216. The normalized spacial score (nSPS) is 20.5. The Balaban J connectivity index is 1.08. The lowest BCUT2D eigenvalue weighted by Gasteiger charge is -2.49. The Hall–Kier alpha value is -3.55. The second-order valence-electron chi connectivity index (χ2n) is 11.5. The van der Waals surface area contributed by atoms with Crippen molar-refractivity contribution in [1.82, 2.24) is 9.80 Å². The fraction of sp³-hybridized carbons (Fsp3) is 0.412. The molecule has 3 heterocycles.